The van der Waals surface area contributed by atoms with Crippen LogP contribution in [0.4, 0.5) is 0 Å². The Labute approximate surface area is 107 Å². The number of carbonyl (C=O) groups is 2. The fourth-order valence-corrected chi connectivity index (χ4v) is 2.43. The minimum absolute atomic E-state index is 0.00917. The topological polar surface area (TPSA) is 61.9 Å². The van der Waals surface area contributed by atoms with E-state index < -0.39 is 0 Å². The van der Waals surface area contributed by atoms with Gasteiger partial charge in [-0.1, -0.05) is 0 Å². The highest BCUT2D eigenvalue weighted by Crippen LogP contribution is 2.13. The average molecular weight is 255 g/mol. The number of hydrogen-bond donors (Lipinski definition) is 1. The highest BCUT2D eigenvalue weighted by Gasteiger charge is 2.26. The molecule has 0 spiro atoms. The molecule has 2 amide bonds. The first-order chi connectivity index (χ1) is 8.70. The summed E-state index contributed by atoms with van der Waals surface area (Å²) in [6.07, 6.45) is 2.12. The summed E-state index contributed by atoms with van der Waals surface area (Å²) in [5.74, 6) is 0.0434. The molecule has 2 aliphatic rings. The van der Waals surface area contributed by atoms with Crippen LogP contribution in [0.25, 0.3) is 0 Å². The molecular formula is C12H21N3O3. The van der Waals surface area contributed by atoms with E-state index in [1.807, 2.05) is 4.90 Å². The van der Waals surface area contributed by atoms with E-state index in [2.05, 4.69) is 5.32 Å². The van der Waals surface area contributed by atoms with Crippen LogP contribution in [0.15, 0.2) is 0 Å². The van der Waals surface area contributed by atoms with Crippen molar-refractivity contribution < 1.29 is 14.3 Å². The molecule has 0 saturated carbocycles. The Balaban J connectivity index is 1.85. The van der Waals surface area contributed by atoms with E-state index in [4.69, 9.17) is 4.74 Å². The highest BCUT2D eigenvalue weighted by molar-refractivity contribution is 5.86. The number of methoxy groups -OCH3 is 1. The van der Waals surface area contributed by atoms with Crippen LogP contribution in [0.3, 0.4) is 0 Å². The summed E-state index contributed by atoms with van der Waals surface area (Å²) in [5, 5.41) is 3.00. The van der Waals surface area contributed by atoms with Gasteiger partial charge in [0.25, 0.3) is 0 Å². The molecule has 2 aliphatic heterocycles. The van der Waals surface area contributed by atoms with E-state index in [0.717, 1.165) is 25.9 Å². The molecule has 0 radical (unpaired) electrons. The van der Waals surface area contributed by atoms with Gasteiger partial charge in [0.05, 0.1) is 19.2 Å². The lowest BCUT2D eigenvalue weighted by atomic mass is 10.1. The van der Waals surface area contributed by atoms with Crippen LogP contribution in [0.5, 0.6) is 0 Å². The Hall–Kier alpha value is -1.14. The number of piperidine rings is 1. The Bertz CT molecular complexity index is 322. The van der Waals surface area contributed by atoms with Crippen LogP contribution in [0.1, 0.15) is 12.8 Å². The van der Waals surface area contributed by atoms with E-state index in [1.165, 1.54) is 0 Å². The van der Waals surface area contributed by atoms with Gasteiger partial charge in [-0.2, -0.15) is 0 Å². The SMILES string of the molecule is CO[C@H]1CCCN(C(=O)CN2CCNCC2=O)C1. The summed E-state index contributed by atoms with van der Waals surface area (Å²) in [5.41, 5.74) is 0. The molecule has 2 heterocycles. The Morgan fingerprint density at radius 2 is 2.33 bits per heavy atom. The third kappa shape index (κ3) is 3.20. The maximum Gasteiger partial charge on any atom is 0.242 e. The van der Waals surface area contributed by atoms with Crippen molar-refractivity contribution in [1.29, 1.82) is 0 Å². The molecule has 2 rings (SSSR count). The van der Waals surface area contributed by atoms with E-state index in [9.17, 15) is 9.59 Å². The molecule has 18 heavy (non-hydrogen) atoms. The van der Waals surface area contributed by atoms with E-state index >= 15 is 0 Å². The van der Waals surface area contributed by atoms with Gasteiger partial charge < -0.3 is 19.9 Å². The molecule has 6 nitrogen and oxygen atoms in total. The summed E-state index contributed by atoms with van der Waals surface area (Å²) in [6.45, 7) is 3.35. The zero-order valence-corrected chi connectivity index (χ0v) is 10.9. The van der Waals surface area contributed by atoms with Crippen molar-refractivity contribution in [3.05, 3.63) is 0 Å². The smallest absolute Gasteiger partial charge is 0.242 e. The van der Waals surface area contributed by atoms with Crippen molar-refractivity contribution in [2.24, 2.45) is 0 Å². The van der Waals surface area contributed by atoms with Crippen molar-refractivity contribution in [3.63, 3.8) is 0 Å². The number of piperazine rings is 1. The van der Waals surface area contributed by atoms with Gasteiger partial charge >= 0.3 is 0 Å². The molecule has 0 aromatic carbocycles. The minimum atomic E-state index is 0.00917. The van der Waals surface area contributed by atoms with Crippen LogP contribution >= 0.6 is 0 Å². The maximum atomic E-state index is 12.1. The number of likely N-dealkylation sites (tertiary alicyclic amines) is 1. The highest BCUT2D eigenvalue weighted by atomic mass is 16.5. The standard InChI is InChI=1S/C12H21N3O3/c1-18-10-3-2-5-14(8-10)12(17)9-15-6-4-13-7-11(15)16/h10,13H,2-9H2,1H3/t10-/m0/s1. The molecule has 0 bridgehead atoms. The fourth-order valence-electron chi connectivity index (χ4n) is 2.43. The summed E-state index contributed by atoms with van der Waals surface area (Å²) in [6, 6.07) is 0. The second kappa shape index (κ2) is 6.15. The molecule has 102 valence electrons. The molecule has 0 aliphatic carbocycles. The zero-order valence-electron chi connectivity index (χ0n) is 10.9. The molecule has 1 atom stereocenters. The number of nitrogens with zero attached hydrogens (tertiary/aromatic N) is 2. The Morgan fingerprint density at radius 1 is 1.50 bits per heavy atom. The minimum Gasteiger partial charge on any atom is -0.380 e. The Morgan fingerprint density at radius 3 is 3.06 bits per heavy atom. The number of ether oxygens (including phenoxy) is 1. The van der Waals surface area contributed by atoms with Crippen LogP contribution in [-0.2, 0) is 14.3 Å². The third-order valence-corrected chi connectivity index (χ3v) is 3.58. The van der Waals surface area contributed by atoms with E-state index in [-0.39, 0.29) is 24.5 Å². The van der Waals surface area contributed by atoms with Gasteiger partial charge in [0.15, 0.2) is 0 Å². The normalized spacial score (nSPS) is 25.4. The van der Waals surface area contributed by atoms with Gasteiger partial charge in [-0.05, 0) is 12.8 Å². The van der Waals surface area contributed by atoms with Gasteiger partial charge in [-0.3, -0.25) is 9.59 Å². The lowest BCUT2D eigenvalue weighted by molar-refractivity contribution is -0.143. The summed E-state index contributed by atoms with van der Waals surface area (Å²) in [4.78, 5) is 27.2. The van der Waals surface area contributed by atoms with Crippen molar-refractivity contribution >= 4 is 11.8 Å². The van der Waals surface area contributed by atoms with Gasteiger partial charge in [0.1, 0.15) is 0 Å². The fraction of sp³-hybridized carbons (Fsp3) is 0.833. The van der Waals surface area contributed by atoms with Gasteiger partial charge in [-0.15, -0.1) is 0 Å². The van der Waals surface area contributed by atoms with Gasteiger partial charge in [-0.25, -0.2) is 0 Å². The van der Waals surface area contributed by atoms with Crippen molar-refractivity contribution in [3.8, 4) is 0 Å². The summed E-state index contributed by atoms with van der Waals surface area (Å²) < 4.78 is 5.30. The molecule has 2 fully saturated rings. The molecule has 0 aromatic rings. The van der Waals surface area contributed by atoms with Crippen LogP contribution in [-0.4, -0.2) is 74.1 Å². The molecule has 0 unspecified atom stereocenters. The third-order valence-electron chi connectivity index (χ3n) is 3.58. The predicted octanol–water partition coefficient (Wildman–Crippen LogP) is -0.944. The lowest BCUT2D eigenvalue weighted by Crippen LogP contribution is -2.53. The van der Waals surface area contributed by atoms with Crippen molar-refractivity contribution in [2.75, 3.05) is 46.4 Å². The number of hydrogen-bond acceptors (Lipinski definition) is 4. The molecule has 6 heteroatoms. The number of carbonyl (C=O) groups excluding carboxylic acids is 2. The van der Waals surface area contributed by atoms with Crippen LogP contribution in [0, 0.1) is 0 Å². The molecular weight excluding hydrogens is 234 g/mol. The monoisotopic (exact) mass is 255 g/mol. The summed E-state index contributed by atoms with van der Waals surface area (Å²) >= 11 is 0. The van der Waals surface area contributed by atoms with Crippen molar-refractivity contribution in [1.82, 2.24) is 15.1 Å². The molecule has 2 saturated heterocycles. The predicted molar refractivity (Wildman–Crippen MR) is 66.1 cm³/mol. The lowest BCUT2D eigenvalue weighted by Gasteiger charge is -2.34. The van der Waals surface area contributed by atoms with E-state index in [1.54, 1.807) is 12.0 Å². The second-order valence-corrected chi connectivity index (χ2v) is 4.83. The zero-order chi connectivity index (χ0) is 13.0. The van der Waals surface area contributed by atoms with Gasteiger partial charge in [0.2, 0.25) is 11.8 Å². The van der Waals surface area contributed by atoms with Gasteiger partial charge in [0, 0.05) is 33.3 Å². The molecule has 1 N–H and O–H groups in total. The number of nitrogens with one attached hydrogen (secondary N) is 1. The Kier molecular flexibility index (Phi) is 4.54. The largest absolute Gasteiger partial charge is 0.380 e. The van der Waals surface area contributed by atoms with E-state index in [0.29, 0.717) is 19.6 Å². The number of rotatable bonds is 3. The van der Waals surface area contributed by atoms with Crippen LogP contribution < -0.4 is 5.32 Å². The first kappa shape index (κ1) is 13.3. The maximum absolute atomic E-state index is 12.1. The van der Waals surface area contributed by atoms with Crippen LogP contribution in [0.2, 0.25) is 0 Å². The quantitative estimate of drug-likeness (QED) is 0.707. The molecule has 0 aromatic heterocycles. The summed E-state index contributed by atoms with van der Waals surface area (Å²) in [7, 11) is 1.68. The number of amides is 2. The average Bonchev–Trinajstić information content (AvgIpc) is 2.41. The first-order valence-electron chi connectivity index (χ1n) is 6.50. The second-order valence-electron chi connectivity index (χ2n) is 4.83. The van der Waals surface area contributed by atoms with Crippen molar-refractivity contribution in [2.45, 2.75) is 18.9 Å². The first-order valence-corrected chi connectivity index (χ1v) is 6.50.